The number of allylic oxidation sites excluding steroid dienone is 11. The van der Waals surface area contributed by atoms with Gasteiger partial charge in [0.05, 0.1) is 33.8 Å². The quantitative estimate of drug-likeness (QED) is 0.0205. The van der Waals surface area contributed by atoms with Crippen LogP contribution < -0.4 is 5.32 Å². The highest BCUT2D eigenvalue weighted by Crippen LogP contribution is 2.43. The number of phosphoric acid groups is 1. The van der Waals surface area contributed by atoms with E-state index in [0.29, 0.717) is 17.4 Å². The molecule has 0 rings (SSSR count). The van der Waals surface area contributed by atoms with Gasteiger partial charge in [-0.2, -0.15) is 0 Å². The number of esters is 1. The van der Waals surface area contributed by atoms with Crippen molar-refractivity contribution in [1.82, 2.24) is 5.32 Å². The van der Waals surface area contributed by atoms with Gasteiger partial charge in [0.15, 0.2) is 0 Å². The zero-order valence-electron chi connectivity index (χ0n) is 44.1. The van der Waals surface area contributed by atoms with Crippen LogP contribution in [-0.2, 0) is 27.9 Å². The van der Waals surface area contributed by atoms with E-state index < -0.39 is 20.0 Å². The van der Waals surface area contributed by atoms with Crippen molar-refractivity contribution in [2.45, 2.75) is 238 Å². The Morgan fingerprint density at radius 1 is 0.537 bits per heavy atom. The van der Waals surface area contributed by atoms with Crippen molar-refractivity contribution in [1.29, 1.82) is 0 Å². The molecule has 1 amide bonds. The number of carbonyl (C=O) groups is 2. The maximum atomic E-state index is 13.4. The Morgan fingerprint density at radius 3 is 1.43 bits per heavy atom. The van der Waals surface area contributed by atoms with Gasteiger partial charge in [-0.1, -0.05) is 222 Å². The number of nitrogens with one attached hydrogen (secondary N) is 1. The van der Waals surface area contributed by atoms with Gasteiger partial charge in [-0.25, -0.2) is 4.57 Å². The van der Waals surface area contributed by atoms with Crippen LogP contribution >= 0.6 is 7.82 Å². The average Bonchev–Trinajstić information content (AvgIpc) is 3.28. The molecule has 3 atom stereocenters. The van der Waals surface area contributed by atoms with Crippen molar-refractivity contribution in [2.75, 3.05) is 40.9 Å². The van der Waals surface area contributed by atoms with Crippen LogP contribution in [0.3, 0.4) is 0 Å². The first-order chi connectivity index (χ1) is 32.4. The molecule has 0 aromatic rings. The molecule has 0 aliphatic heterocycles. The number of unbranched alkanes of at least 4 members (excludes halogenated alkanes) is 22. The van der Waals surface area contributed by atoms with Gasteiger partial charge in [0.2, 0.25) is 5.91 Å². The lowest BCUT2D eigenvalue weighted by Gasteiger charge is -2.27. The van der Waals surface area contributed by atoms with E-state index in [9.17, 15) is 19.0 Å². The summed E-state index contributed by atoms with van der Waals surface area (Å²) in [6.45, 7) is 6.82. The molecule has 0 aromatic carbocycles. The molecule has 0 bridgehead atoms. The molecule has 9 nitrogen and oxygen atoms in total. The number of carbonyl (C=O) groups excluding carboxylic acids is 2. The molecule has 0 aromatic heterocycles. The molecule has 67 heavy (non-hydrogen) atoms. The number of amides is 1. The SMILES string of the molecule is CC/C=C/C/C=C/C/C=C/C/C=C/C/C=C/CCC(=O)NC(COP(=O)(O)OCC[N+](C)(C)C)C(/C=C/CCCCCCCCCCCC)OC(=O)CCCCCCCCCCCCCCC. The summed E-state index contributed by atoms with van der Waals surface area (Å²) in [6, 6.07) is -0.886. The van der Waals surface area contributed by atoms with Gasteiger partial charge in [0.1, 0.15) is 19.3 Å². The Hall–Kier alpha value is -2.55. The van der Waals surface area contributed by atoms with E-state index in [1.807, 2.05) is 45.4 Å². The van der Waals surface area contributed by atoms with Crippen LogP contribution in [0.15, 0.2) is 72.9 Å². The first-order valence-electron chi connectivity index (χ1n) is 27.3. The van der Waals surface area contributed by atoms with Gasteiger partial charge in [-0.15, -0.1) is 0 Å². The van der Waals surface area contributed by atoms with Gasteiger partial charge in [0, 0.05) is 12.8 Å². The molecule has 0 fully saturated rings. The van der Waals surface area contributed by atoms with E-state index in [1.54, 1.807) is 0 Å². The summed E-state index contributed by atoms with van der Waals surface area (Å²) in [5.41, 5.74) is 0. The third-order valence-electron chi connectivity index (χ3n) is 11.7. The largest absolute Gasteiger partial charge is 0.472 e. The van der Waals surface area contributed by atoms with Crippen molar-refractivity contribution in [3.63, 3.8) is 0 Å². The number of rotatable bonds is 48. The molecule has 10 heteroatoms. The maximum absolute atomic E-state index is 13.4. The van der Waals surface area contributed by atoms with E-state index in [0.717, 1.165) is 70.6 Å². The zero-order chi connectivity index (χ0) is 49.4. The normalized spacial score (nSPS) is 14.4. The minimum atomic E-state index is -4.46. The summed E-state index contributed by atoms with van der Waals surface area (Å²) in [5, 5.41) is 2.99. The lowest BCUT2D eigenvalue weighted by atomic mass is 10.0. The number of hydrogen-bond acceptors (Lipinski definition) is 6. The second kappa shape index (κ2) is 47.1. The third-order valence-corrected chi connectivity index (χ3v) is 12.7. The minimum Gasteiger partial charge on any atom is -0.456 e. The molecule has 0 radical (unpaired) electrons. The molecule has 0 aliphatic rings. The lowest BCUT2D eigenvalue weighted by Crippen LogP contribution is -2.47. The van der Waals surface area contributed by atoms with E-state index >= 15 is 0 Å². The summed E-state index contributed by atoms with van der Waals surface area (Å²) < 4.78 is 30.5. The molecule has 388 valence electrons. The summed E-state index contributed by atoms with van der Waals surface area (Å²) in [7, 11) is 1.45. The molecular weight excluding hydrogens is 856 g/mol. The van der Waals surface area contributed by atoms with E-state index in [1.165, 1.54) is 116 Å². The fraction of sp³-hybridized carbons (Fsp3) is 0.754. The van der Waals surface area contributed by atoms with Crippen LogP contribution in [0.4, 0.5) is 0 Å². The van der Waals surface area contributed by atoms with Gasteiger partial charge in [-0.05, 0) is 63.9 Å². The number of ether oxygens (including phenoxy) is 1. The summed E-state index contributed by atoms with van der Waals surface area (Å²) in [6.07, 6.45) is 59.1. The maximum Gasteiger partial charge on any atom is 0.472 e. The highest BCUT2D eigenvalue weighted by Gasteiger charge is 2.30. The molecule has 3 unspecified atom stereocenters. The van der Waals surface area contributed by atoms with Gasteiger partial charge < -0.3 is 19.4 Å². The topological polar surface area (TPSA) is 111 Å². The fourth-order valence-electron chi connectivity index (χ4n) is 7.46. The standard InChI is InChI=1S/C57H103N2O7P/c1-7-10-13-16-19-22-25-28-29-30-32-34-37-40-43-46-49-56(60)58-54(53-65-67(62,63)64-52-51-59(4,5)6)55(48-45-42-39-36-33-27-24-21-18-15-12-9-3)66-57(61)50-47-44-41-38-35-31-26-23-20-17-14-11-8-2/h10,13,19,22,28-29,32,34,40,43,45,48,54-55H,7-9,11-12,14-18,20-21,23-27,30-31,33,35-39,41-42,44,46-47,49-53H2,1-6H3,(H-,58,60,62,63)/p+1/b13-10+,22-19+,29-28+,34-32+,43-40+,48-45+. The fourth-order valence-corrected chi connectivity index (χ4v) is 8.19. The summed E-state index contributed by atoms with van der Waals surface area (Å²) >= 11 is 0. The smallest absolute Gasteiger partial charge is 0.456 e. The predicted molar refractivity (Wildman–Crippen MR) is 286 cm³/mol. The number of nitrogens with zero attached hydrogens (tertiary/aromatic N) is 1. The van der Waals surface area contributed by atoms with Crippen molar-refractivity contribution in [3.05, 3.63) is 72.9 Å². The summed E-state index contributed by atoms with van der Waals surface area (Å²) in [5.74, 6) is -0.602. The Kier molecular flexibility index (Phi) is 45.3. The molecular formula is C57H104N2O7P+. The monoisotopic (exact) mass is 960 g/mol. The van der Waals surface area contributed by atoms with Crippen molar-refractivity contribution in [3.8, 4) is 0 Å². The molecule has 0 saturated carbocycles. The second-order valence-electron chi connectivity index (χ2n) is 19.4. The van der Waals surface area contributed by atoms with E-state index in [2.05, 4.69) is 74.7 Å². The van der Waals surface area contributed by atoms with Gasteiger partial charge in [-0.3, -0.25) is 18.6 Å². The highest BCUT2D eigenvalue weighted by atomic mass is 31.2. The minimum absolute atomic E-state index is 0.0256. The van der Waals surface area contributed by atoms with Crippen molar-refractivity contribution >= 4 is 19.7 Å². The third kappa shape index (κ3) is 48.3. The van der Waals surface area contributed by atoms with E-state index in [4.69, 9.17) is 13.8 Å². The molecule has 0 saturated heterocycles. The second-order valence-corrected chi connectivity index (χ2v) is 20.8. The Balaban J connectivity index is 5.51. The van der Waals surface area contributed by atoms with Crippen LogP contribution in [0.1, 0.15) is 226 Å². The van der Waals surface area contributed by atoms with Crippen LogP contribution in [0.5, 0.6) is 0 Å². The number of hydrogen-bond donors (Lipinski definition) is 2. The zero-order valence-corrected chi connectivity index (χ0v) is 45.0. The highest BCUT2D eigenvalue weighted by molar-refractivity contribution is 7.47. The number of likely N-dealkylation sites (N-methyl/N-ethyl adjacent to an activating group) is 1. The van der Waals surface area contributed by atoms with Crippen molar-refractivity contribution < 1.29 is 37.3 Å². The first-order valence-corrected chi connectivity index (χ1v) is 28.8. The van der Waals surface area contributed by atoms with Gasteiger partial charge >= 0.3 is 13.8 Å². The Bertz CT molecular complexity index is 1380. The molecule has 0 heterocycles. The molecule has 2 N–H and O–H groups in total. The van der Waals surface area contributed by atoms with Gasteiger partial charge in [0.25, 0.3) is 0 Å². The van der Waals surface area contributed by atoms with Crippen LogP contribution in [-0.4, -0.2) is 74.3 Å². The van der Waals surface area contributed by atoms with E-state index in [-0.39, 0.29) is 37.9 Å². The van der Waals surface area contributed by atoms with Crippen LogP contribution in [0.25, 0.3) is 0 Å². The van der Waals surface area contributed by atoms with Crippen molar-refractivity contribution in [2.24, 2.45) is 0 Å². The number of quaternary nitrogens is 1. The van der Waals surface area contributed by atoms with Crippen LogP contribution in [0, 0.1) is 0 Å². The van der Waals surface area contributed by atoms with Crippen LogP contribution in [0.2, 0.25) is 0 Å². The lowest BCUT2D eigenvalue weighted by molar-refractivity contribution is -0.870. The first kappa shape index (κ1) is 64.5. The number of phosphoric ester groups is 1. The Morgan fingerprint density at radius 2 is 0.970 bits per heavy atom. The molecule has 0 spiro atoms. The molecule has 0 aliphatic carbocycles. The average molecular weight is 960 g/mol. The summed E-state index contributed by atoms with van der Waals surface area (Å²) in [4.78, 5) is 37.4. The Labute approximate surface area is 413 Å². The predicted octanol–water partition coefficient (Wildman–Crippen LogP) is 16.1.